The highest BCUT2D eigenvalue weighted by Crippen LogP contribution is 2.68. The topological polar surface area (TPSA) is 44.0 Å². The van der Waals surface area contributed by atoms with Gasteiger partial charge in [0.2, 0.25) is 0 Å². The predicted octanol–water partition coefficient (Wildman–Crippen LogP) is 5.02. The van der Waals surface area contributed by atoms with Crippen molar-refractivity contribution in [3.8, 4) is 6.07 Å². The van der Waals surface area contributed by atoms with E-state index in [-0.39, 0.29) is 17.4 Å². The molecule has 4 fully saturated rings. The van der Waals surface area contributed by atoms with Gasteiger partial charge in [-0.2, -0.15) is 5.26 Å². The average Bonchev–Trinajstić information content (AvgIpc) is 2.84. The zero-order valence-electron chi connectivity index (χ0n) is 16.0. The van der Waals surface area contributed by atoms with Crippen molar-refractivity contribution in [1.82, 2.24) is 0 Å². The average molecular weight is 330 g/mol. The summed E-state index contributed by atoms with van der Waals surface area (Å²) in [6, 6.07) is 2.59. The minimum Gasteiger partial charge on any atom is -0.393 e. The zero-order chi connectivity index (χ0) is 17.3. The van der Waals surface area contributed by atoms with Crippen molar-refractivity contribution in [3.63, 3.8) is 0 Å². The highest BCUT2D eigenvalue weighted by atomic mass is 16.3. The Morgan fingerprint density at radius 3 is 2.42 bits per heavy atom. The number of nitriles is 1. The maximum Gasteiger partial charge on any atom is 0.0661 e. The van der Waals surface area contributed by atoms with Gasteiger partial charge < -0.3 is 5.11 Å². The standard InChI is InChI=1S/C22H35NO/c1-13-9-15-5-7-17-18-8-6-16(12-23)21(18,3)11-19(24)20(17)22(15,4)10-14(13)2/h13-20,24H,5-11H2,1-4H3/t13-,14-,15-,16+,17-,18-,19-,20+,21+,22-/m0/s1. The second-order valence-electron chi connectivity index (χ2n) is 10.5. The third-order valence-corrected chi connectivity index (χ3v) is 9.54. The van der Waals surface area contributed by atoms with Gasteiger partial charge in [0.05, 0.1) is 18.1 Å². The van der Waals surface area contributed by atoms with Gasteiger partial charge in [0, 0.05) is 0 Å². The van der Waals surface area contributed by atoms with Gasteiger partial charge >= 0.3 is 0 Å². The number of rotatable bonds is 0. The molecular weight excluding hydrogens is 294 g/mol. The van der Waals surface area contributed by atoms with E-state index in [4.69, 9.17) is 0 Å². The van der Waals surface area contributed by atoms with E-state index in [2.05, 4.69) is 33.8 Å². The molecule has 0 amide bonds. The summed E-state index contributed by atoms with van der Waals surface area (Å²) in [6.45, 7) is 9.69. The van der Waals surface area contributed by atoms with Crippen molar-refractivity contribution >= 4 is 0 Å². The monoisotopic (exact) mass is 329 g/mol. The molecule has 0 bridgehead atoms. The number of hydrogen-bond donors (Lipinski definition) is 1. The van der Waals surface area contributed by atoms with Crippen LogP contribution in [0.2, 0.25) is 0 Å². The normalized spacial score (nSPS) is 59.8. The predicted molar refractivity (Wildman–Crippen MR) is 95.9 cm³/mol. The lowest BCUT2D eigenvalue weighted by atomic mass is 9.42. The molecule has 0 aromatic carbocycles. The Morgan fingerprint density at radius 1 is 0.958 bits per heavy atom. The fourth-order valence-corrected chi connectivity index (χ4v) is 8.16. The van der Waals surface area contributed by atoms with Crippen LogP contribution < -0.4 is 0 Å². The number of nitrogens with zero attached hydrogens (tertiary/aromatic N) is 1. The highest BCUT2D eigenvalue weighted by Gasteiger charge is 2.63. The fraction of sp³-hybridized carbons (Fsp3) is 0.955. The molecule has 2 nitrogen and oxygen atoms in total. The number of hydrogen-bond acceptors (Lipinski definition) is 2. The van der Waals surface area contributed by atoms with E-state index in [1.807, 2.05) is 0 Å². The van der Waals surface area contributed by atoms with Gasteiger partial charge in [-0.05, 0) is 91.3 Å². The Labute approximate surface area is 148 Å². The summed E-state index contributed by atoms with van der Waals surface area (Å²) < 4.78 is 0. The smallest absolute Gasteiger partial charge is 0.0661 e. The summed E-state index contributed by atoms with van der Waals surface area (Å²) in [5.74, 6) is 4.37. The molecule has 4 saturated carbocycles. The van der Waals surface area contributed by atoms with Crippen LogP contribution in [-0.4, -0.2) is 11.2 Å². The SMILES string of the molecule is C[C@H]1C[C@@H]2CC[C@@H]3[C@H]([C@@H](O)C[C@]4(C)[C@@H](C#N)CC[C@@H]34)[C@@]2(C)C[C@@H]1C. The molecule has 0 aromatic rings. The van der Waals surface area contributed by atoms with E-state index < -0.39 is 0 Å². The Morgan fingerprint density at radius 2 is 1.71 bits per heavy atom. The van der Waals surface area contributed by atoms with Crippen molar-refractivity contribution in [2.75, 3.05) is 0 Å². The number of aliphatic hydroxyl groups excluding tert-OH is 1. The zero-order valence-corrected chi connectivity index (χ0v) is 16.0. The van der Waals surface area contributed by atoms with E-state index in [9.17, 15) is 10.4 Å². The Kier molecular flexibility index (Phi) is 3.85. The first-order valence-corrected chi connectivity index (χ1v) is 10.4. The molecule has 0 spiro atoms. The molecule has 24 heavy (non-hydrogen) atoms. The van der Waals surface area contributed by atoms with Crippen LogP contribution in [0.25, 0.3) is 0 Å². The summed E-state index contributed by atoms with van der Waals surface area (Å²) >= 11 is 0. The Balaban J connectivity index is 1.69. The molecule has 4 aliphatic carbocycles. The lowest BCUT2D eigenvalue weighted by Crippen LogP contribution is -2.59. The van der Waals surface area contributed by atoms with Crippen LogP contribution in [0.15, 0.2) is 0 Å². The lowest BCUT2D eigenvalue weighted by molar-refractivity contribution is -0.176. The van der Waals surface area contributed by atoms with Crippen molar-refractivity contribution in [2.45, 2.75) is 78.7 Å². The van der Waals surface area contributed by atoms with Crippen LogP contribution in [0.5, 0.6) is 0 Å². The van der Waals surface area contributed by atoms with Crippen molar-refractivity contribution < 1.29 is 5.11 Å². The Hall–Kier alpha value is -0.550. The molecule has 2 heteroatoms. The molecule has 0 aliphatic heterocycles. The van der Waals surface area contributed by atoms with Gasteiger partial charge in [-0.3, -0.25) is 0 Å². The fourth-order valence-electron chi connectivity index (χ4n) is 8.16. The summed E-state index contributed by atoms with van der Waals surface area (Å²) in [4.78, 5) is 0. The molecule has 0 aromatic heterocycles. The maximum absolute atomic E-state index is 11.3. The number of aliphatic hydroxyl groups is 1. The van der Waals surface area contributed by atoms with E-state index in [0.29, 0.717) is 23.2 Å². The minimum atomic E-state index is -0.196. The lowest BCUT2D eigenvalue weighted by Gasteiger charge is -2.63. The van der Waals surface area contributed by atoms with Gasteiger partial charge in [0.15, 0.2) is 0 Å². The molecule has 4 rings (SSSR count). The summed E-state index contributed by atoms with van der Waals surface area (Å²) in [6.07, 6.45) is 8.24. The molecule has 134 valence electrons. The third kappa shape index (κ3) is 2.09. The second-order valence-corrected chi connectivity index (χ2v) is 10.5. The van der Waals surface area contributed by atoms with Crippen LogP contribution in [0.4, 0.5) is 0 Å². The van der Waals surface area contributed by atoms with Gasteiger partial charge in [-0.15, -0.1) is 0 Å². The van der Waals surface area contributed by atoms with Gasteiger partial charge in [0.1, 0.15) is 0 Å². The second kappa shape index (κ2) is 5.47. The van der Waals surface area contributed by atoms with Crippen LogP contribution in [0.1, 0.15) is 72.6 Å². The number of fused-ring (bicyclic) bond motifs is 5. The van der Waals surface area contributed by atoms with Crippen LogP contribution in [0.3, 0.4) is 0 Å². The first-order valence-electron chi connectivity index (χ1n) is 10.4. The highest BCUT2D eigenvalue weighted by molar-refractivity contribution is 5.14. The first-order chi connectivity index (χ1) is 11.3. The van der Waals surface area contributed by atoms with E-state index in [1.165, 1.54) is 32.1 Å². The largest absolute Gasteiger partial charge is 0.393 e. The minimum absolute atomic E-state index is 0.0616. The molecule has 4 aliphatic rings. The molecule has 1 N–H and O–H groups in total. The molecule has 0 radical (unpaired) electrons. The first kappa shape index (κ1) is 16.9. The van der Waals surface area contributed by atoms with Gasteiger partial charge in [-0.25, -0.2) is 0 Å². The van der Waals surface area contributed by atoms with Gasteiger partial charge in [-0.1, -0.05) is 27.7 Å². The van der Waals surface area contributed by atoms with Crippen molar-refractivity contribution in [2.24, 2.45) is 52.3 Å². The van der Waals surface area contributed by atoms with Crippen LogP contribution in [-0.2, 0) is 0 Å². The van der Waals surface area contributed by atoms with E-state index in [0.717, 1.165) is 30.6 Å². The summed E-state index contributed by atoms with van der Waals surface area (Å²) in [5, 5.41) is 20.9. The summed E-state index contributed by atoms with van der Waals surface area (Å²) in [7, 11) is 0. The quantitative estimate of drug-likeness (QED) is 0.678. The molecule has 0 saturated heterocycles. The van der Waals surface area contributed by atoms with E-state index >= 15 is 0 Å². The van der Waals surface area contributed by atoms with Crippen molar-refractivity contribution in [1.29, 1.82) is 5.26 Å². The molecular formula is C22H35NO. The van der Waals surface area contributed by atoms with E-state index in [1.54, 1.807) is 0 Å². The third-order valence-electron chi connectivity index (χ3n) is 9.54. The molecule has 0 heterocycles. The maximum atomic E-state index is 11.3. The van der Waals surface area contributed by atoms with Crippen molar-refractivity contribution in [3.05, 3.63) is 0 Å². The van der Waals surface area contributed by atoms with Crippen LogP contribution >= 0.6 is 0 Å². The Bertz CT molecular complexity index is 553. The van der Waals surface area contributed by atoms with Gasteiger partial charge in [0.25, 0.3) is 0 Å². The molecule has 0 unspecified atom stereocenters. The van der Waals surface area contributed by atoms with Crippen LogP contribution in [0, 0.1) is 63.6 Å². The molecule has 10 atom stereocenters. The summed E-state index contributed by atoms with van der Waals surface area (Å²) in [5.41, 5.74) is 0.381.